The number of benzene rings is 1. The van der Waals surface area contributed by atoms with Gasteiger partial charge in [-0.15, -0.1) is 32.9 Å². The molecule has 0 amide bonds. The average molecular weight is 397 g/mol. The summed E-state index contributed by atoms with van der Waals surface area (Å²) in [6, 6.07) is 13.4. The molecule has 1 unspecified atom stereocenters. The van der Waals surface area contributed by atoms with Crippen LogP contribution < -0.4 is 0 Å². The van der Waals surface area contributed by atoms with Crippen molar-refractivity contribution in [2.75, 3.05) is 0 Å². The van der Waals surface area contributed by atoms with Crippen molar-refractivity contribution < 1.29 is 13.9 Å². The van der Waals surface area contributed by atoms with Gasteiger partial charge in [0.15, 0.2) is 6.10 Å². The normalized spacial score (nSPS) is 12.1. The molecule has 0 saturated carbocycles. The summed E-state index contributed by atoms with van der Waals surface area (Å²) < 4.78 is 11.2. The first kappa shape index (κ1) is 17.6. The molecule has 27 heavy (non-hydrogen) atoms. The Morgan fingerprint density at radius 2 is 1.96 bits per heavy atom. The van der Waals surface area contributed by atoms with Gasteiger partial charge < -0.3 is 9.15 Å². The van der Waals surface area contributed by atoms with Crippen LogP contribution in [0.5, 0.6) is 0 Å². The molecule has 6 nitrogen and oxygen atoms in total. The summed E-state index contributed by atoms with van der Waals surface area (Å²) in [7, 11) is 0. The van der Waals surface area contributed by atoms with E-state index in [1.165, 1.54) is 11.3 Å². The highest BCUT2D eigenvalue weighted by molar-refractivity contribution is 7.22. The molecule has 0 spiro atoms. The minimum absolute atomic E-state index is 0.253. The molecule has 0 fully saturated rings. The minimum atomic E-state index is -0.658. The second kappa shape index (κ2) is 7.42. The van der Waals surface area contributed by atoms with Gasteiger partial charge in [-0.3, -0.25) is 0 Å². The van der Waals surface area contributed by atoms with E-state index in [4.69, 9.17) is 9.15 Å². The molecule has 0 N–H and O–H groups in total. The standard InChI is InChI=1S/C19H15N3O3S2/c1-11-15(27-18(20-11)14-9-6-10-26-14)19(23)24-12(2)16-21-22-17(25-16)13-7-4-3-5-8-13/h3-10,12H,1-2H3. The number of thiophene rings is 1. The van der Waals surface area contributed by atoms with Crippen molar-refractivity contribution >= 4 is 28.6 Å². The Hall–Kier alpha value is -2.84. The zero-order valence-electron chi connectivity index (χ0n) is 14.6. The zero-order valence-corrected chi connectivity index (χ0v) is 16.2. The molecular formula is C19H15N3O3S2. The first-order chi connectivity index (χ1) is 13.1. The van der Waals surface area contributed by atoms with E-state index in [0.717, 1.165) is 15.4 Å². The molecule has 0 bridgehead atoms. The fourth-order valence-corrected chi connectivity index (χ4v) is 4.20. The maximum absolute atomic E-state index is 12.6. The van der Waals surface area contributed by atoms with Crippen LogP contribution in [0.4, 0.5) is 0 Å². The fourth-order valence-electron chi connectivity index (χ4n) is 2.45. The number of thiazole rings is 1. The van der Waals surface area contributed by atoms with Gasteiger partial charge in [0.1, 0.15) is 9.88 Å². The number of nitrogens with zero attached hydrogens (tertiary/aromatic N) is 3. The Labute approximate surface area is 163 Å². The SMILES string of the molecule is Cc1nc(-c2cccs2)sc1C(=O)OC(C)c1nnc(-c2ccccc2)o1. The smallest absolute Gasteiger partial charge is 0.351 e. The molecule has 8 heteroatoms. The molecular weight excluding hydrogens is 382 g/mol. The average Bonchev–Trinajstić information content (AvgIpc) is 3.42. The van der Waals surface area contributed by atoms with Crippen LogP contribution in [0, 0.1) is 6.92 Å². The molecule has 4 aromatic rings. The third-order valence-corrected chi connectivity index (χ3v) is 5.98. The molecule has 4 rings (SSSR count). The summed E-state index contributed by atoms with van der Waals surface area (Å²) >= 11 is 2.91. The summed E-state index contributed by atoms with van der Waals surface area (Å²) in [6.07, 6.45) is -0.658. The van der Waals surface area contributed by atoms with E-state index in [-0.39, 0.29) is 5.89 Å². The van der Waals surface area contributed by atoms with E-state index in [1.807, 2.05) is 47.8 Å². The maximum atomic E-state index is 12.6. The van der Waals surface area contributed by atoms with E-state index in [2.05, 4.69) is 15.2 Å². The Balaban J connectivity index is 1.49. The fraction of sp³-hybridized carbons (Fsp3) is 0.158. The summed E-state index contributed by atoms with van der Waals surface area (Å²) in [6.45, 7) is 3.51. The largest absolute Gasteiger partial charge is 0.448 e. The molecule has 0 aliphatic rings. The van der Waals surface area contributed by atoms with E-state index < -0.39 is 12.1 Å². The number of rotatable bonds is 5. The topological polar surface area (TPSA) is 78.1 Å². The van der Waals surface area contributed by atoms with E-state index in [1.54, 1.807) is 25.2 Å². The number of hydrogen-bond acceptors (Lipinski definition) is 8. The number of carbonyl (C=O) groups excluding carboxylic acids is 1. The lowest BCUT2D eigenvalue weighted by Gasteiger charge is -2.08. The molecule has 0 aliphatic heterocycles. The highest BCUT2D eigenvalue weighted by Gasteiger charge is 2.23. The summed E-state index contributed by atoms with van der Waals surface area (Å²) in [4.78, 5) is 18.6. The van der Waals surface area contributed by atoms with Gasteiger partial charge in [0, 0.05) is 5.56 Å². The van der Waals surface area contributed by atoms with Crippen molar-refractivity contribution in [1.29, 1.82) is 0 Å². The molecule has 3 heterocycles. The van der Waals surface area contributed by atoms with Gasteiger partial charge in [0.05, 0.1) is 10.6 Å². The third kappa shape index (κ3) is 3.67. The highest BCUT2D eigenvalue weighted by atomic mass is 32.1. The molecule has 136 valence electrons. The second-order valence-electron chi connectivity index (χ2n) is 5.77. The number of hydrogen-bond donors (Lipinski definition) is 0. The first-order valence-corrected chi connectivity index (χ1v) is 9.92. The number of ether oxygens (including phenoxy) is 1. The van der Waals surface area contributed by atoms with E-state index >= 15 is 0 Å². The van der Waals surface area contributed by atoms with E-state index in [0.29, 0.717) is 16.5 Å². The predicted octanol–water partition coefficient (Wildman–Crippen LogP) is 5.15. The lowest BCUT2D eigenvalue weighted by molar-refractivity contribution is 0.0284. The molecule has 0 radical (unpaired) electrons. The maximum Gasteiger partial charge on any atom is 0.351 e. The summed E-state index contributed by atoms with van der Waals surface area (Å²) in [5, 5.41) is 10.8. The van der Waals surface area contributed by atoms with Crippen LogP contribution in [-0.2, 0) is 4.74 Å². The van der Waals surface area contributed by atoms with Crippen LogP contribution in [0.3, 0.4) is 0 Å². The van der Waals surface area contributed by atoms with Crippen molar-refractivity contribution in [3.05, 3.63) is 64.3 Å². The van der Waals surface area contributed by atoms with Gasteiger partial charge in [0.25, 0.3) is 5.89 Å². The Bertz CT molecular complexity index is 1060. The van der Waals surface area contributed by atoms with E-state index in [9.17, 15) is 4.79 Å². The van der Waals surface area contributed by atoms with Gasteiger partial charge in [-0.1, -0.05) is 24.3 Å². The third-order valence-electron chi connectivity index (χ3n) is 3.81. The first-order valence-electron chi connectivity index (χ1n) is 8.23. The Morgan fingerprint density at radius 1 is 1.15 bits per heavy atom. The monoisotopic (exact) mass is 397 g/mol. The number of aryl methyl sites for hydroxylation is 1. The number of carbonyl (C=O) groups is 1. The lowest BCUT2D eigenvalue weighted by atomic mass is 10.2. The van der Waals surface area contributed by atoms with Gasteiger partial charge >= 0.3 is 5.97 Å². The Kier molecular flexibility index (Phi) is 4.83. The van der Waals surface area contributed by atoms with Crippen LogP contribution in [0.15, 0.2) is 52.3 Å². The van der Waals surface area contributed by atoms with Crippen molar-refractivity contribution in [3.63, 3.8) is 0 Å². The van der Waals surface area contributed by atoms with Gasteiger partial charge in [0.2, 0.25) is 5.89 Å². The van der Waals surface area contributed by atoms with Crippen LogP contribution in [0.1, 0.15) is 34.3 Å². The van der Waals surface area contributed by atoms with Gasteiger partial charge in [-0.2, -0.15) is 0 Å². The zero-order chi connectivity index (χ0) is 18.8. The molecule has 1 aromatic carbocycles. The van der Waals surface area contributed by atoms with Crippen LogP contribution in [-0.4, -0.2) is 21.2 Å². The van der Waals surface area contributed by atoms with Crippen LogP contribution in [0.2, 0.25) is 0 Å². The molecule has 3 aromatic heterocycles. The molecule has 0 saturated heterocycles. The summed E-state index contributed by atoms with van der Waals surface area (Å²) in [5.41, 5.74) is 1.46. The van der Waals surface area contributed by atoms with Crippen molar-refractivity contribution in [3.8, 4) is 21.3 Å². The number of aromatic nitrogens is 3. The lowest BCUT2D eigenvalue weighted by Crippen LogP contribution is -2.09. The second-order valence-corrected chi connectivity index (χ2v) is 7.72. The highest BCUT2D eigenvalue weighted by Crippen LogP contribution is 2.32. The predicted molar refractivity (Wildman–Crippen MR) is 104 cm³/mol. The van der Waals surface area contributed by atoms with Crippen LogP contribution in [0.25, 0.3) is 21.3 Å². The molecule has 0 aliphatic carbocycles. The Morgan fingerprint density at radius 3 is 2.70 bits per heavy atom. The summed E-state index contributed by atoms with van der Waals surface area (Å²) in [5.74, 6) is 0.199. The van der Waals surface area contributed by atoms with Gasteiger partial charge in [-0.25, -0.2) is 9.78 Å². The van der Waals surface area contributed by atoms with Crippen molar-refractivity contribution in [2.24, 2.45) is 0 Å². The number of esters is 1. The van der Waals surface area contributed by atoms with Gasteiger partial charge in [-0.05, 0) is 37.4 Å². The van der Waals surface area contributed by atoms with Crippen molar-refractivity contribution in [2.45, 2.75) is 20.0 Å². The van der Waals surface area contributed by atoms with Crippen LogP contribution >= 0.6 is 22.7 Å². The minimum Gasteiger partial charge on any atom is -0.448 e. The quantitative estimate of drug-likeness (QED) is 0.434. The molecule has 1 atom stereocenters. The van der Waals surface area contributed by atoms with Crippen molar-refractivity contribution in [1.82, 2.24) is 15.2 Å².